The maximum atomic E-state index is 11.2. The van der Waals surface area contributed by atoms with E-state index in [4.69, 9.17) is 19.0 Å². The number of carboxylic acids is 1. The Kier molecular flexibility index (Phi) is 6.97. The quantitative estimate of drug-likeness (QED) is 0.558. The number of aliphatic carboxylic acids is 1. The van der Waals surface area contributed by atoms with Gasteiger partial charge in [-0.2, -0.15) is 0 Å². The molecule has 3 aromatic rings. The van der Waals surface area contributed by atoms with E-state index in [0.29, 0.717) is 37.0 Å². The van der Waals surface area contributed by atoms with Crippen LogP contribution in [0.25, 0.3) is 11.5 Å². The number of aryl methyl sites for hydroxylation is 1. The Morgan fingerprint density at radius 1 is 1.21 bits per heavy atom. The molecule has 0 aliphatic rings. The Morgan fingerprint density at radius 2 is 2.00 bits per heavy atom. The van der Waals surface area contributed by atoms with Gasteiger partial charge in [-0.3, -0.25) is 4.98 Å². The highest BCUT2D eigenvalue weighted by atomic mass is 16.5. The van der Waals surface area contributed by atoms with Crippen LogP contribution in [0.3, 0.4) is 0 Å². The van der Waals surface area contributed by atoms with Gasteiger partial charge in [0.15, 0.2) is 6.10 Å². The van der Waals surface area contributed by atoms with Crippen molar-refractivity contribution in [3.8, 4) is 17.2 Å². The fourth-order valence-electron chi connectivity index (χ4n) is 2.85. The van der Waals surface area contributed by atoms with Gasteiger partial charge in [0.05, 0.1) is 18.5 Å². The number of pyridine rings is 1. The highest BCUT2D eigenvalue weighted by Crippen LogP contribution is 2.22. The Morgan fingerprint density at radius 3 is 2.66 bits per heavy atom. The smallest absolute Gasteiger partial charge is 0.333 e. The summed E-state index contributed by atoms with van der Waals surface area (Å²) in [6.45, 7) is 4.44. The molecule has 0 spiro atoms. The standard InChI is InChI=1S/C22H24N2O5/c1-3-27-20(22(25)26)13-17-9-10-18(14-23-17)28-12-11-19-15(2)24-21(29-19)16-7-5-4-6-8-16/h4-10,14,20H,3,11-13H2,1-2H3,(H,25,26). The molecule has 0 radical (unpaired) electrons. The Bertz CT molecular complexity index is 922. The lowest BCUT2D eigenvalue weighted by Crippen LogP contribution is -2.26. The van der Waals surface area contributed by atoms with Crippen LogP contribution in [0.5, 0.6) is 5.75 Å². The molecule has 1 aromatic carbocycles. The van der Waals surface area contributed by atoms with Crippen molar-refractivity contribution >= 4 is 5.97 Å². The Labute approximate surface area is 169 Å². The van der Waals surface area contributed by atoms with Gasteiger partial charge in [-0.1, -0.05) is 18.2 Å². The molecule has 0 saturated heterocycles. The maximum Gasteiger partial charge on any atom is 0.333 e. The summed E-state index contributed by atoms with van der Waals surface area (Å²) in [5.74, 6) is 1.00. The van der Waals surface area contributed by atoms with Gasteiger partial charge in [0.1, 0.15) is 11.5 Å². The summed E-state index contributed by atoms with van der Waals surface area (Å²) in [7, 11) is 0. The third-order valence-corrected chi connectivity index (χ3v) is 4.35. The zero-order chi connectivity index (χ0) is 20.6. The van der Waals surface area contributed by atoms with Crippen molar-refractivity contribution in [2.24, 2.45) is 0 Å². The maximum absolute atomic E-state index is 11.2. The van der Waals surface area contributed by atoms with E-state index in [1.807, 2.05) is 37.3 Å². The van der Waals surface area contributed by atoms with Crippen LogP contribution in [0, 0.1) is 6.92 Å². The van der Waals surface area contributed by atoms with Crippen LogP contribution in [0.15, 0.2) is 53.1 Å². The van der Waals surface area contributed by atoms with Crippen molar-refractivity contribution in [2.45, 2.75) is 32.8 Å². The van der Waals surface area contributed by atoms with Crippen LogP contribution in [0.4, 0.5) is 0 Å². The molecule has 1 unspecified atom stereocenters. The monoisotopic (exact) mass is 396 g/mol. The molecule has 0 amide bonds. The molecule has 7 nitrogen and oxygen atoms in total. The predicted octanol–water partition coefficient (Wildman–Crippen LogP) is 3.70. The Balaban J connectivity index is 1.53. The number of benzene rings is 1. The zero-order valence-electron chi connectivity index (χ0n) is 16.5. The minimum absolute atomic E-state index is 0.211. The first-order valence-corrected chi connectivity index (χ1v) is 9.50. The third kappa shape index (κ3) is 5.65. The van der Waals surface area contributed by atoms with Crippen LogP contribution in [0.2, 0.25) is 0 Å². The number of oxazole rings is 1. The number of ether oxygens (including phenoxy) is 2. The van der Waals surface area contributed by atoms with E-state index in [9.17, 15) is 4.79 Å². The van der Waals surface area contributed by atoms with Gasteiger partial charge in [0.25, 0.3) is 0 Å². The van der Waals surface area contributed by atoms with Crippen molar-refractivity contribution in [1.29, 1.82) is 0 Å². The normalized spacial score (nSPS) is 11.9. The topological polar surface area (TPSA) is 94.7 Å². The number of hydrogen-bond donors (Lipinski definition) is 1. The summed E-state index contributed by atoms with van der Waals surface area (Å²) in [5, 5.41) is 9.15. The Hall–Kier alpha value is -3.19. The van der Waals surface area contributed by atoms with Gasteiger partial charge >= 0.3 is 5.97 Å². The number of hydrogen-bond acceptors (Lipinski definition) is 6. The first-order chi connectivity index (χ1) is 14.1. The molecule has 0 aliphatic heterocycles. The molecule has 0 fully saturated rings. The molecule has 2 heterocycles. The van der Waals surface area contributed by atoms with Gasteiger partial charge in [0.2, 0.25) is 5.89 Å². The number of carbonyl (C=O) groups is 1. The highest BCUT2D eigenvalue weighted by Gasteiger charge is 2.18. The molecule has 0 bridgehead atoms. The van der Waals surface area contributed by atoms with E-state index in [2.05, 4.69) is 9.97 Å². The van der Waals surface area contributed by atoms with E-state index in [1.54, 1.807) is 25.3 Å². The zero-order valence-corrected chi connectivity index (χ0v) is 16.5. The van der Waals surface area contributed by atoms with Crippen LogP contribution in [-0.4, -0.2) is 40.4 Å². The molecule has 7 heteroatoms. The molecule has 2 aromatic heterocycles. The fraction of sp³-hybridized carbons (Fsp3) is 0.318. The third-order valence-electron chi connectivity index (χ3n) is 4.35. The van der Waals surface area contributed by atoms with Crippen molar-refractivity contribution in [1.82, 2.24) is 9.97 Å². The fourth-order valence-corrected chi connectivity index (χ4v) is 2.85. The lowest BCUT2D eigenvalue weighted by molar-refractivity contribution is -0.150. The van der Waals surface area contributed by atoms with E-state index in [-0.39, 0.29) is 6.42 Å². The van der Waals surface area contributed by atoms with Gasteiger partial charge in [0, 0.05) is 30.7 Å². The second-order valence-electron chi connectivity index (χ2n) is 6.46. The number of carboxylic acid groups (broad SMARTS) is 1. The highest BCUT2D eigenvalue weighted by molar-refractivity contribution is 5.72. The molecule has 152 valence electrons. The number of aromatic nitrogens is 2. The second-order valence-corrected chi connectivity index (χ2v) is 6.46. The molecule has 1 atom stereocenters. The molecule has 1 N–H and O–H groups in total. The number of nitrogens with zero attached hydrogens (tertiary/aromatic N) is 2. The van der Waals surface area contributed by atoms with E-state index >= 15 is 0 Å². The van der Waals surface area contributed by atoms with Crippen molar-refractivity contribution in [3.05, 3.63) is 65.8 Å². The summed E-state index contributed by atoms with van der Waals surface area (Å²) in [5.41, 5.74) is 2.42. The molecule has 0 aliphatic carbocycles. The summed E-state index contributed by atoms with van der Waals surface area (Å²) < 4.78 is 16.8. The first kappa shape index (κ1) is 20.5. The SMILES string of the molecule is CCOC(Cc1ccc(OCCc2oc(-c3ccccc3)nc2C)cn1)C(=O)O. The minimum Gasteiger partial charge on any atom is -0.492 e. The summed E-state index contributed by atoms with van der Waals surface area (Å²) in [4.78, 5) is 19.9. The van der Waals surface area contributed by atoms with Gasteiger partial charge in [-0.05, 0) is 38.1 Å². The van der Waals surface area contributed by atoms with Crippen LogP contribution >= 0.6 is 0 Å². The average Bonchev–Trinajstić information content (AvgIpc) is 3.10. The summed E-state index contributed by atoms with van der Waals surface area (Å²) >= 11 is 0. The minimum atomic E-state index is -0.994. The summed E-state index contributed by atoms with van der Waals surface area (Å²) in [6, 6.07) is 13.3. The van der Waals surface area contributed by atoms with E-state index in [0.717, 1.165) is 17.0 Å². The first-order valence-electron chi connectivity index (χ1n) is 9.50. The summed E-state index contributed by atoms with van der Waals surface area (Å²) in [6.07, 6.45) is 1.48. The molecule has 3 rings (SSSR count). The van der Waals surface area contributed by atoms with Crippen molar-refractivity contribution in [2.75, 3.05) is 13.2 Å². The van der Waals surface area contributed by atoms with E-state index < -0.39 is 12.1 Å². The van der Waals surface area contributed by atoms with Crippen molar-refractivity contribution in [3.63, 3.8) is 0 Å². The van der Waals surface area contributed by atoms with Gasteiger partial charge in [-0.25, -0.2) is 9.78 Å². The van der Waals surface area contributed by atoms with Gasteiger partial charge < -0.3 is 19.0 Å². The largest absolute Gasteiger partial charge is 0.492 e. The average molecular weight is 396 g/mol. The lowest BCUT2D eigenvalue weighted by atomic mass is 10.2. The van der Waals surface area contributed by atoms with Crippen molar-refractivity contribution < 1.29 is 23.8 Å². The van der Waals surface area contributed by atoms with Crippen LogP contribution < -0.4 is 4.74 Å². The molecule has 29 heavy (non-hydrogen) atoms. The van der Waals surface area contributed by atoms with Gasteiger partial charge in [-0.15, -0.1) is 0 Å². The lowest BCUT2D eigenvalue weighted by Gasteiger charge is -2.12. The second kappa shape index (κ2) is 9.84. The van der Waals surface area contributed by atoms with Crippen LogP contribution in [-0.2, 0) is 22.4 Å². The van der Waals surface area contributed by atoms with E-state index in [1.165, 1.54) is 0 Å². The molecular weight excluding hydrogens is 372 g/mol. The molecular formula is C22H24N2O5. The number of rotatable bonds is 10. The van der Waals surface area contributed by atoms with Crippen LogP contribution in [0.1, 0.15) is 24.1 Å². The molecule has 0 saturated carbocycles. The predicted molar refractivity (Wildman–Crippen MR) is 107 cm³/mol.